The van der Waals surface area contributed by atoms with Crippen LogP contribution in [0.5, 0.6) is 0 Å². The van der Waals surface area contributed by atoms with Crippen LogP contribution in [0, 0.1) is 11.8 Å². The number of hydrogen-bond donors (Lipinski definition) is 2. The molecule has 0 bridgehead atoms. The van der Waals surface area contributed by atoms with Crippen molar-refractivity contribution in [2.45, 2.75) is 6.92 Å². The monoisotopic (exact) mass is 346 g/mol. The Kier molecular flexibility index (Phi) is 6.24. The second-order valence-corrected chi connectivity index (χ2v) is 5.97. The zero-order valence-corrected chi connectivity index (χ0v) is 15.2. The van der Waals surface area contributed by atoms with Crippen molar-refractivity contribution in [1.29, 1.82) is 0 Å². The summed E-state index contributed by atoms with van der Waals surface area (Å²) >= 11 is 0. The number of benzene rings is 2. The number of rotatable bonds is 4. The number of likely N-dealkylation sites (N-methyl/N-ethyl adjacent to an activating group) is 1. The Morgan fingerprint density at radius 3 is 2.31 bits per heavy atom. The average molecular weight is 346 g/mol. The quantitative estimate of drug-likeness (QED) is 0.382. The van der Waals surface area contributed by atoms with Crippen LogP contribution in [0.4, 0.5) is 5.69 Å². The number of carbonyl (C=O) groups excluding carboxylic acids is 1. The normalized spacial score (nSPS) is 10.9. The first-order valence-electron chi connectivity index (χ1n) is 8.13. The van der Waals surface area contributed by atoms with Gasteiger partial charge in [-0.1, -0.05) is 42.7 Å². The lowest BCUT2D eigenvalue weighted by Gasteiger charge is -2.14. The highest BCUT2D eigenvalue weighted by molar-refractivity contribution is 5.93. The minimum atomic E-state index is -0.270. The predicted molar refractivity (Wildman–Crippen MR) is 106 cm³/mol. The van der Waals surface area contributed by atoms with E-state index in [9.17, 15) is 9.90 Å². The first kappa shape index (κ1) is 18.9. The molecule has 2 aromatic rings. The second-order valence-electron chi connectivity index (χ2n) is 5.97. The van der Waals surface area contributed by atoms with E-state index in [1.807, 2.05) is 54.6 Å². The highest BCUT2D eigenvalue weighted by atomic mass is 16.3. The van der Waals surface area contributed by atoms with Gasteiger partial charge in [0.05, 0.1) is 11.3 Å². The molecule has 0 aliphatic carbocycles. The first-order chi connectivity index (χ1) is 12.4. The predicted octanol–water partition coefficient (Wildman–Crippen LogP) is 3.93. The molecule has 2 rings (SSSR count). The Morgan fingerprint density at radius 2 is 1.65 bits per heavy atom. The van der Waals surface area contributed by atoms with Crippen molar-refractivity contribution in [2.24, 2.45) is 0 Å². The van der Waals surface area contributed by atoms with Crippen LogP contribution in [0.25, 0.3) is 0 Å². The van der Waals surface area contributed by atoms with Crippen LogP contribution in [-0.2, 0) is 4.79 Å². The van der Waals surface area contributed by atoms with Crippen LogP contribution in [0.3, 0.4) is 0 Å². The summed E-state index contributed by atoms with van der Waals surface area (Å²) in [5.41, 5.74) is 2.98. The molecule has 2 N–H and O–H groups in total. The van der Waals surface area contributed by atoms with E-state index in [0.717, 1.165) is 16.8 Å². The molecule has 1 amide bonds. The largest absolute Gasteiger partial charge is 0.505 e. The number of anilines is 1. The number of nitrogens with zero attached hydrogens (tertiary/aromatic N) is 1. The number of nitrogens with one attached hydrogen (secondary N) is 1. The van der Waals surface area contributed by atoms with Crippen LogP contribution in [0.1, 0.15) is 18.1 Å². The van der Waals surface area contributed by atoms with E-state index in [2.05, 4.69) is 23.7 Å². The molecule has 0 heterocycles. The van der Waals surface area contributed by atoms with Gasteiger partial charge in [-0.15, -0.1) is 0 Å². The van der Waals surface area contributed by atoms with Crippen molar-refractivity contribution in [3.63, 3.8) is 0 Å². The molecule has 2 aromatic carbocycles. The third kappa shape index (κ3) is 5.02. The average Bonchev–Trinajstić information content (AvgIpc) is 2.65. The summed E-state index contributed by atoms with van der Waals surface area (Å²) < 4.78 is 0. The molecule has 0 aliphatic heterocycles. The Balaban J connectivity index is 2.16. The molecular weight excluding hydrogens is 324 g/mol. The van der Waals surface area contributed by atoms with Gasteiger partial charge in [0, 0.05) is 30.9 Å². The molecule has 132 valence electrons. The molecule has 0 fully saturated rings. The van der Waals surface area contributed by atoms with Gasteiger partial charge in [0.15, 0.2) is 0 Å². The highest BCUT2D eigenvalue weighted by Crippen LogP contribution is 2.17. The summed E-state index contributed by atoms with van der Waals surface area (Å²) in [5, 5.41) is 13.2. The fourth-order valence-corrected chi connectivity index (χ4v) is 2.24. The summed E-state index contributed by atoms with van der Waals surface area (Å²) in [6, 6.07) is 17.2. The minimum Gasteiger partial charge on any atom is -0.505 e. The van der Waals surface area contributed by atoms with E-state index in [0.29, 0.717) is 0 Å². The molecule has 4 nitrogen and oxygen atoms in total. The van der Waals surface area contributed by atoms with Crippen LogP contribution in [0.15, 0.2) is 78.2 Å². The lowest BCUT2D eigenvalue weighted by atomic mass is 10.1. The fourth-order valence-electron chi connectivity index (χ4n) is 2.24. The molecule has 26 heavy (non-hydrogen) atoms. The molecule has 0 saturated carbocycles. The van der Waals surface area contributed by atoms with Gasteiger partial charge in [-0.3, -0.25) is 4.79 Å². The van der Waals surface area contributed by atoms with Crippen LogP contribution < -0.4 is 5.32 Å². The number of amides is 1. The Bertz CT molecular complexity index is 900. The van der Waals surface area contributed by atoms with Gasteiger partial charge in [-0.25, -0.2) is 0 Å². The van der Waals surface area contributed by atoms with Crippen molar-refractivity contribution in [1.82, 2.24) is 4.90 Å². The second kappa shape index (κ2) is 8.59. The Morgan fingerprint density at radius 1 is 1.04 bits per heavy atom. The number of carbonyl (C=O) groups is 1. The third-order valence-electron chi connectivity index (χ3n) is 3.65. The van der Waals surface area contributed by atoms with Gasteiger partial charge >= 0.3 is 0 Å². The lowest BCUT2D eigenvalue weighted by molar-refractivity contribution is -0.124. The molecule has 0 radical (unpaired) electrons. The summed E-state index contributed by atoms with van der Waals surface area (Å²) in [7, 11) is 3.26. The number of hydrogen-bond acceptors (Lipinski definition) is 3. The van der Waals surface area contributed by atoms with Gasteiger partial charge < -0.3 is 15.3 Å². The van der Waals surface area contributed by atoms with Gasteiger partial charge in [0.2, 0.25) is 0 Å². The van der Waals surface area contributed by atoms with Gasteiger partial charge in [0.25, 0.3) is 5.91 Å². The van der Waals surface area contributed by atoms with Crippen molar-refractivity contribution in [3.05, 3.63) is 89.3 Å². The van der Waals surface area contributed by atoms with E-state index < -0.39 is 0 Å². The smallest absolute Gasteiger partial charge is 0.252 e. The standard InChI is InChI=1S/C22H22N2O2/c1-16(22(26)24(3)4)21(25)17(2)23-20-12-8-11-19(15-20)14-13-18-9-6-5-7-10-18/h5-12,15,23,25H,2H2,1,3-4H3/b21-16-. The molecule has 0 aliphatic rings. The third-order valence-corrected chi connectivity index (χ3v) is 3.65. The van der Waals surface area contributed by atoms with Crippen molar-refractivity contribution in [3.8, 4) is 11.8 Å². The minimum absolute atomic E-state index is 0.163. The summed E-state index contributed by atoms with van der Waals surface area (Å²) in [6.07, 6.45) is 0. The molecule has 0 spiro atoms. The molecule has 0 aromatic heterocycles. The number of aliphatic hydroxyl groups is 1. The zero-order valence-electron chi connectivity index (χ0n) is 15.2. The molecule has 0 saturated heterocycles. The molecule has 0 atom stereocenters. The van der Waals surface area contributed by atoms with Crippen LogP contribution in [0.2, 0.25) is 0 Å². The Labute approximate surface area is 154 Å². The van der Waals surface area contributed by atoms with Crippen LogP contribution >= 0.6 is 0 Å². The van der Waals surface area contributed by atoms with E-state index in [4.69, 9.17) is 0 Å². The van der Waals surface area contributed by atoms with Crippen molar-refractivity contribution < 1.29 is 9.90 Å². The lowest BCUT2D eigenvalue weighted by Crippen LogP contribution is -2.24. The Hall–Kier alpha value is -3.45. The topological polar surface area (TPSA) is 52.6 Å². The highest BCUT2D eigenvalue weighted by Gasteiger charge is 2.14. The van der Waals surface area contributed by atoms with Gasteiger partial charge in [0.1, 0.15) is 5.76 Å². The van der Waals surface area contributed by atoms with Gasteiger partial charge in [-0.05, 0) is 37.3 Å². The maximum absolute atomic E-state index is 11.9. The molecule has 4 heteroatoms. The van der Waals surface area contributed by atoms with Crippen LogP contribution in [-0.4, -0.2) is 30.0 Å². The van der Waals surface area contributed by atoms with Gasteiger partial charge in [-0.2, -0.15) is 0 Å². The summed E-state index contributed by atoms with van der Waals surface area (Å²) in [5.74, 6) is 5.77. The fraction of sp³-hybridized carbons (Fsp3) is 0.136. The van der Waals surface area contributed by atoms with E-state index in [1.165, 1.54) is 4.90 Å². The SMILES string of the molecule is C=C(Nc1cccc(C#Cc2ccccc2)c1)/C(O)=C(\C)C(=O)N(C)C. The molecule has 0 unspecified atom stereocenters. The summed E-state index contributed by atoms with van der Waals surface area (Å²) in [6.45, 7) is 5.37. The van der Waals surface area contributed by atoms with E-state index in [-0.39, 0.29) is 22.9 Å². The van der Waals surface area contributed by atoms with E-state index in [1.54, 1.807) is 21.0 Å². The maximum atomic E-state index is 11.9. The first-order valence-corrected chi connectivity index (χ1v) is 8.13. The zero-order chi connectivity index (χ0) is 19.1. The van der Waals surface area contributed by atoms with Crippen molar-refractivity contribution >= 4 is 11.6 Å². The van der Waals surface area contributed by atoms with E-state index >= 15 is 0 Å². The maximum Gasteiger partial charge on any atom is 0.252 e. The number of aliphatic hydroxyl groups excluding tert-OH is 1. The summed E-state index contributed by atoms with van der Waals surface area (Å²) in [4.78, 5) is 13.3. The van der Waals surface area contributed by atoms with Crippen molar-refractivity contribution in [2.75, 3.05) is 19.4 Å². The molecular formula is C22H22N2O2.